The number of hydrogen-bond donors (Lipinski definition) is 1. The molecule has 1 aromatic rings. The van der Waals surface area contributed by atoms with Gasteiger partial charge in [0, 0.05) is 25.6 Å². The van der Waals surface area contributed by atoms with Crippen LogP contribution in [0.5, 0.6) is 0 Å². The Morgan fingerprint density at radius 2 is 2.37 bits per heavy atom. The standard InChI is InChI=1S/C14H26N4O/c1-3-8-18-14(16-11-17-18)10-12(15-4-2)13-7-5-6-9-19-13/h11-13,15H,3-10H2,1-2H3. The highest BCUT2D eigenvalue weighted by atomic mass is 16.5. The molecule has 1 fully saturated rings. The molecule has 5 nitrogen and oxygen atoms in total. The van der Waals surface area contributed by atoms with Crippen molar-refractivity contribution in [2.75, 3.05) is 13.2 Å². The summed E-state index contributed by atoms with van der Waals surface area (Å²) in [5, 5.41) is 7.86. The summed E-state index contributed by atoms with van der Waals surface area (Å²) < 4.78 is 7.94. The minimum Gasteiger partial charge on any atom is -0.377 e. The SMILES string of the molecule is CCCn1ncnc1CC(NCC)C1CCCCO1. The van der Waals surface area contributed by atoms with Crippen LogP contribution in [-0.2, 0) is 17.7 Å². The van der Waals surface area contributed by atoms with Gasteiger partial charge in [-0.2, -0.15) is 5.10 Å². The molecule has 1 aliphatic heterocycles. The molecule has 0 aromatic carbocycles. The molecule has 1 saturated heterocycles. The quantitative estimate of drug-likeness (QED) is 0.817. The fourth-order valence-corrected chi connectivity index (χ4v) is 2.72. The lowest BCUT2D eigenvalue weighted by atomic mass is 9.99. The van der Waals surface area contributed by atoms with Crippen LogP contribution >= 0.6 is 0 Å². The molecule has 0 amide bonds. The zero-order chi connectivity index (χ0) is 13.5. The van der Waals surface area contributed by atoms with Crippen molar-refractivity contribution >= 4 is 0 Å². The summed E-state index contributed by atoms with van der Waals surface area (Å²) in [6.45, 7) is 7.12. The first kappa shape index (κ1) is 14.5. The van der Waals surface area contributed by atoms with Crippen molar-refractivity contribution in [3.05, 3.63) is 12.2 Å². The first-order valence-corrected chi connectivity index (χ1v) is 7.56. The van der Waals surface area contributed by atoms with Crippen LogP contribution in [-0.4, -0.2) is 40.1 Å². The lowest BCUT2D eigenvalue weighted by molar-refractivity contribution is -0.00767. The Hall–Kier alpha value is -0.940. The number of hydrogen-bond acceptors (Lipinski definition) is 4. The molecule has 2 unspecified atom stereocenters. The van der Waals surface area contributed by atoms with E-state index in [4.69, 9.17) is 4.74 Å². The van der Waals surface area contributed by atoms with Gasteiger partial charge >= 0.3 is 0 Å². The molecule has 1 aromatic heterocycles. The molecule has 2 heterocycles. The first-order chi connectivity index (χ1) is 9.35. The molecule has 2 rings (SSSR count). The summed E-state index contributed by atoms with van der Waals surface area (Å²) >= 11 is 0. The average Bonchev–Trinajstić information content (AvgIpc) is 2.87. The summed E-state index contributed by atoms with van der Waals surface area (Å²) in [6, 6.07) is 0.352. The van der Waals surface area contributed by atoms with E-state index in [2.05, 4.69) is 29.2 Å². The molecule has 0 aliphatic carbocycles. The number of nitrogens with one attached hydrogen (secondary N) is 1. The van der Waals surface area contributed by atoms with Gasteiger partial charge in [-0.25, -0.2) is 4.98 Å². The molecule has 1 aliphatic rings. The van der Waals surface area contributed by atoms with Gasteiger partial charge in [0.05, 0.1) is 6.10 Å². The van der Waals surface area contributed by atoms with Gasteiger partial charge in [-0.1, -0.05) is 13.8 Å². The van der Waals surface area contributed by atoms with E-state index in [1.54, 1.807) is 6.33 Å². The van der Waals surface area contributed by atoms with Crippen LogP contribution in [0, 0.1) is 0 Å². The maximum Gasteiger partial charge on any atom is 0.138 e. The number of aromatic nitrogens is 3. The Labute approximate surface area is 115 Å². The zero-order valence-corrected chi connectivity index (χ0v) is 12.1. The second-order valence-electron chi connectivity index (χ2n) is 5.17. The fourth-order valence-electron chi connectivity index (χ4n) is 2.72. The summed E-state index contributed by atoms with van der Waals surface area (Å²) in [6.07, 6.45) is 7.59. The highest BCUT2D eigenvalue weighted by Crippen LogP contribution is 2.18. The van der Waals surface area contributed by atoms with E-state index >= 15 is 0 Å². The monoisotopic (exact) mass is 266 g/mol. The molecular formula is C14H26N4O. The van der Waals surface area contributed by atoms with E-state index in [0.29, 0.717) is 12.1 Å². The molecule has 108 valence electrons. The normalized spacial score (nSPS) is 21.5. The molecule has 0 saturated carbocycles. The van der Waals surface area contributed by atoms with E-state index < -0.39 is 0 Å². The van der Waals surface area contributed by atoms with Gasteiger partial charge in [0.15, 0.2) is 0 Å². The Morgan fingerprint density at radius 3 is 3.05 bits per heavy atom. The minimum absolute atomic E-state index is 0.320. The number of ether oxygens (including phenoxy) is 1. The lowest BCUT2D eigenvalue weighted by Gasteiger charge is -2.30. The van der Waals surface area contributed by atoms with Gasteiger partial charge in [0.25, 0.3) is 0 Å². The van der Waals surface area contributed by atoms with Crippen molar-refractivity contribution in [2.45, 2.75) is 64.6 Å². The lowest BCUT2D eigenvalue weighted by Crippen LogP contribution is -2.45. The van der Waals surface area contributed by atoms with Gasteiger partial charge in [-0.15, -0.1) is 0 Å². The van der Waals surface area contributed by atoms with Gasteiger partial charge in [-0.3, -0.25) is 4.68 Å². The molecule has 1 N–H and O–H groups in total. The third-order valence-electron chi connectivity index (χ3n) is 3.66. The predicted molar refractivity (Wildman–Crippen MR) is 75.1 cm³/mol. The van der Waals surface area contributed by atoms with Gasteiger partial charge in [0.1, 0.15) is 12.2 Å². The Kier molecular flexibility index (Phi) is 5.79. The molecule has 19 heavy (non-hydrogen) atoms. The average molecular weight is 266 g/mol. The molecule has 0 radical (unpaired) electrons. The summed E-state index contributed by atoms with van der Waals surface area (Å²) in [4.78, 5) is 4.41. The molecular weight excluding hydrogens is 240 g/mol. The van der Waals surface area contributed by atoms with Gasteiger partial charge < -0.3 is 10.1 Å². The molecule has 0 spiro atoms. The van der Waals surface area contributed by atoms with E-state index in [9.17, 15) is 0 Å². The number of nitrogens with zero attached hydrogens (tertiary/aromatic N) is 3. The first-order valence-electron chi connectivity index (χ1n) is 7.56. The van der Waals surface area contributed by atoms with E-state index in [0.717, 1.165) is 44.8 Å². The van der Waals surface area contributed by atoms with E-state index in [1.165, 1.54) is 12.8 Å². The Morgan fingerprint density at radius 1 is 1.47 bits per heavy atom. The minimum atomic E-state index is 0.320. The van der Waals surface area contributed by atoms with Crippen LogP contribution in [0.2, 0.25) is 0 Å². The third kappa shape index (κ3) is 4.01. The second kappa shape index (κ2) is 7.60. The molecule has 5 heteroatoms. The maximum atomic E-state index is 5.92. The molecule has 0 bridgehead atoms. The van der Waals surface area contributed by atoms with Crippen LogP contribution in [0.15, 0.2) is 6.33 Å². The summed E-state index contributed by atoms with van der Waals surface area (Å²) in [7, 11) is 0. The highest BCUT2D eigenvalue weighted by Gasteiger charge is 2.25. The van der Waals surface area contributed by atoms with Crippen molar-refractivity contribution < 1.29 is 4.74 Å². The van der Waals surface area contributed by atoms with Crippen LogP contribution in [0.1, 0.15) is 45.4 Å². The summed E-state index contributed by atoms with van der Waals surface area (Å²) in [5.74, 6) is 1.07. The van der Waals surface area contributed by atoms with Crippen molar-refractivity contribution in [1.82, 2.24) is 20.1 Å². The van der Waals surface area contributed by atoms with Crippen molar-refractivity contribution in [2.24, 2.45) is 0 Å². The van der Waals surface area contributed by atoms with E-state index in [1.807, 2.05) is 4.68 Å². The van der Waals surface area contributed by atoms with Crippen LogP contribution in [0.4, 0.5) is 0 Å². The van der Waals surface area contributed by atoms with Crippen molar-refractivity contribution in [1.29, 1.82) is 0 Å². The van der Waals surface area contributed by atoms with Crippen LogP contribution in [0.3, 0.4) is 0 Å². The summed E-state index contributed by atoms with van der Waals surface area (Å²) in [5.41, 5.74) is 0. The smallest absolute Gasteiger partial charge is 0.138 e. The Balaban J connectivity index is 2.00. The fraction of sp³-hybridized carbons (Fsp3) is 0.857. The number of rotatable bonds is 7. The van der Waals surface area contributed by atoms with Gasteiger partial charge in [-0.05, 0) is 32.2 Å². The number of aryl methyl sites for hydroxylation is 1. The van der Waals surface area contributed by atoms with Crippen LogP contribution in [0.25, 0.3) is 0 Å². The maximum absolute atomic E-state index is 5.92. The Bertz CT molecular complexity index is 360. The number of likely N-dealkylation sites (N-methyl/N-ethyl adjacent to an activating group) is 1. The van der Waals surface area contributed by atoms with Gasteiger partial charge in [0.2, 0.25) is 0 Å². The van der Waals surface area contributed by atoms with E-state index in [-0.39, 0.29) is 0 Å². The highest BCUT2D eigenvalue weighted by molar-refractivity contribution is 4.93. The van der Waals surface area contributed by atoms with Crippen LogP contribution < -0.4 is 5.32 Å². The van der Waals surface area contributed by atoms with Crippen molar-refractivity contribution in [3.8, 4) is 0 Å². The third-order valence-corrected chi connectivity index (χ3v) is 3.66. The topological polar surface area (TPSA) is 52.0 Å². The zero-order valence-electron chi connectivity index (χ0n) is 12.1. The second-order valence-corrected chi connectivity index (χ2v) is 5.17. The largest absolute Gasteiger partial charge is 0.377 e. The predicted octanol–water partition coefficient (Wildman–Crippen LogP) is 1.78. The van der Waals surface area contributed by atoms with Crippen molar-refractivity contribution in [3.63, 3.8) is 0 Å². The molecule has 2 atom stereocenters.